The number of hydrogen-bond acceptors (Lipinski definition) is 5. The molecule has 0 aliphatic carbocycles. The SMILES string of the molecule is CNC(=O)C(C(=O)NO)N(C)C(=O)c1ccc(C#CC#CCCO)cc1. The van der Waals surface area contributed by atoms with Gasteiger partial charge in [-0.3, -0.25) is 19.6 Å². The molecule has 0 saturated heterocycles. The zero-order chi connectivity index (χ0) is 19.5. The maximum atomic E-state index is 12.5. The second kappa shape index (κ2) is 10.5. The van der Waals surface area contributed by atoms with Gasteiger partial charge in [0.15, 0.2) is 6.04 Å². The van der Waals surface area contributed by atoms with Crippen molar-refractivity contribution in [2.75, 3.05) is 20.7 Å². The van der Waals surface area contributed by atoms with Crippen LogP contribution in [-0.4, -0.2) is 59.7 Å². The van der Waals surface area contributed by atoms with Crippen molar-refractivity contribution >= 4 is 17.7 Å². The summed E-state index contributed by atoms with van der Waals surface area (Å²) in [4.78, 5) is 36.9. The van der Waals surface area contributed by atoms with Gasteiger partial charge < -0.3 is 15.3 Å². The van der Waals surface area contributed by atoms with E-state index in [0.29, 0.717) is 12.0 Å². The van der Waals surface area contributed by atoms with Crippen LogP contribution in [0.2, 0.25) is 0 Å². The standard InChI is InChI=1S/C18H19N3O5/c1-19-16(23)15(17(24)20-26)21(2)18(25)14-10-8-13(9-11-14)7-5-3-4-6-12-22/h8-11,15,22,26H,6,12H2,1-2H3,(H,19,23)(H,20,24). The van der Waals surface area contributed by atoms with Gasteiger partial charge >= 0.3 is 0 Å². The Bertz CT molecular complexity index is 765. The fourth-order valence-electron chi connectivity index (χ4n) is 1.95. The molecule has 136 valence electrons. The molecule has 0 spiro atoms. The number of amides is 3. The molecule has 0 radical (unpaired) electrons. The molecule has 1 rings (SSSR count). The van der Waals surface area contributed by atoms with Crippen molar-refractivity contribution in [3.8, 4) is 23.7 Å². The van der Waals surface area contributed by atoms with Crippen molar-refractivity contribution in [1.82, 2.24) is 15.7 Å². The van der Waals surface area contributed by atoms with Gasteiger partial charge in [-0.15, -0.1) is 0 Å². The van der Waals surface area contributed by atoms with E-state index in [0.717, 1.165) is 4.90 Å². The zero-order valence-corrected chi connectivity index (χ0v) is 14.4. The van der Waals surface area contributed by atoms with Crippen LogP contribution in [0.15, 0.2) is 24.3 Å². The zero-order valence-electron chi connectivity index (χ0n) is 14.4. The van der Waals surface area contributed by atoms with Crippen LogP contribution in [0.4, 0.5) is 0 Å². The van der Waals surface area contributed by atoms with Crippen LogP contribution in [-0.2, 0) is 9.59 Å². The number of nitrogens with one attached hydrogen (secondary N) is 2. The average molecular weight is 357 g/mol. The summed E-state index contributed by atoms with van der Waals surface area (Å²) >= 11 is 0. The fraction of sp³-hybridized carbons (Fsp3) is 0.278. The number of hydroxylamine groups is 1. The Hall–Kier alpha value is -3.33. The normalized spacial score (nSPS) is 10.3. The van der Waals surface area contributed by atoms with Crippen LogP contribution in [0, 0.1) is 23.7 Å². The molecule has 0 aliphatic rings. The van der Waals surface area contributed by atoms with Crippen molar-refractivity contribution < 1.29 is 24.7 Å². The van der Waals surface area contributed by atoms with Gasteiger partial charge in [-0.25, -0.2) is 5.48 Å². The van der Waals surface area contributed by atoms with Crippen molar-refractivity contribution in [1.29, 1.82) is 0 Å². The Morgan fingerprint density at radius 2 is 1.81 bits per heavy atom. The van der Waals surface area contributed by atoms with E-state index in [1.807, 2.05) is 0 Å². The predicted molar refractivity (Wildman–Crippen MR) is 92.7 cm³/mol. The van der Waals surface area contributed by atoms with Crippen molar-refractivity contribution in [3.05, 3.63) is 35.4 Å². The van der Waals surface area contributed by atoms with E-state index in [4.69, 9.17) is 10.3 Å². The van der Waals surface area contributed by atoms with E-state index in [2.05, 4.69) is 29.0 Å². The Morgan fingerprint density at radius 1 is 1.15 bits per heavy atom. The minimum atomic E-state index is -1.52. The molecule has 1 atom stereocenters. The number of aliphatic hydroxyl groups is 1. The highest BCUT2D eigenvalue weighted by atomic mass is 16.5. The first-order valence-electron chi connectivity index (χ1n) is 7.58. The Balaban J connectivity index is 2.94. The van der Waals surface area contributed by atoms with Gasteiger partial charge in [0, 0.05) is 31.6 Å². The summed E-state index contributed by atoms with van der Waals surface area (Å²) in [6, 6.07) is 4.69. The third kappa shape index (κ3) is 5.64. The van der Waals surface area contributed by atoms with Crippen molar-refractivity contribution in [2.24, 2.45) is 0 Å². The molecule has 4 N–H and O–H groups in total. The molecule has 0 aromatic heterocycles. The summed E-state index contributed by atoms with van der Waals surface area (Å²) in [7, 11) is 2.59. The lowest BCUT2D eigenvalue weighted by Crippen LogP contribution is -2.54. The number of aliphatic hydroxyl groups excluding tert-OH is 1. The quantitative estimate of drug-likeness (QED) is 0.236. The first-order valence-corrected chi connectivity index (χ1v) is 7.58. The van der Waals surface area contributed by atoms with Gasteiger partial charge in [0.05, 0.1) is 6.61 Å². The molecule has 0 saturated carbocycles. The number of rotatable bonds is 5. The number of likely N-dealkylation sites (N-methyl/N-ethyl adjacent to an activating group) is 2. The Labute approximate surface area is 151 Å². The molecule has 0 heterocycles. The van der Waals surface area contributed by atoms with Gasteiger partial charge in [-0.05, 0) is 36.1 Å². The fourth-order valence-corrected chi connectivity index (χ4v) is 1.95. The van der Waals surface area contributed by atoms with Gasteiger partial charge in [0.1, 0.15) is 0 Å². The van der Waals surface area contributed by atoms with E-state index >= 15 is 0 Å². The third-order valence-corrected chi connectivity index (χ3v) is 3.29. The number of benzene rings is 1. The van der Waals surface area contributed by atoms with E-state index in [9.17, 15) is 14.4 Å². The highest BCUT2D eigenvalue weighted by Gasteiger charge is 2.33. The van der Waals surface area contributed by atoms with Crippen LogP contribution in [0.1, 0.15) is 22.3 Å². The second-order valence-electron chi connectivity index (χ2n) is 5.01. The van der Waals surface area contributed by atoms with Crippen LogP contribution >= 0.6 is 0 Å². The highest BCUT2D eigenvalue weighted by molar-refractivity contribution is 6.08. The van der Waals surface area contributed by atoms with E-state index in [1.54, 1.807) is 12.1 Å². The van der Waals surface area contributed by atoms with Gasteiger partial charge in [0.2, 0.25) is 0 Å². The molecular weight excluding hydrogens is 338 g/mol. The lowest BCUT2D eigenvalue weighted by molar-refractivity contribution is -0.140. The maximum absolute atomic E-state index is 12.5. The highest BCUT2D eigenvalue weighted by Crippen LogP contribution is 2.09. The van der Waals surface area contributed by atoms with E-state index in [1.165, 1.54) is 31.7 Å². The minimum absolute atomic E-state index is 0.0235. The number of hydrogen-bond donors (Lipinski definition) is 4. The summed E-state index contributed by atoms with van der Waals surface area (Å²) in [5, 5.41) is 19.6. The molecule has 0 aliphatic heterocycles. The largest absolute Gasteiger partial charge is 0.395 e. The number of nitrogens with zero attached hydrogens (tertiary/aromatic N) is 1. The molecule has 0 fully saturated rings. The molecule has 3 amide bonds. The van der Waals surface area contributed by atoms with Crippen LogP contribution in [0.3, 0.4) is 0 Å². The summed E-state index contributed by atoms with van der Waals surface area (Å²) in [6.07, 6.45) is 0.350. The molecule has 1 unspecified atom stereocenters. The molecule has 26 heavy (non-hydrogen) atoms. The molecule has 1 aromatic rings. The van der Waals surface area contributed by atoms with Crippen molar-refractivity contribution in [2.45, 2.75) is 12.5 Å². The van der Waals surface area contributed by atoms with Gasteiger partial charge in [-0.1, -0.05) is 11.8 Å². The summed E-state index contributed by atoms with van der Waals surface area (Å²) < 4.78 is 0. The molecule has 8 heteroatoms. The van der Waals surface area contributed by atoms with Crippen molar-refractivity contribution in [3.63, 3.8) is 0 Å². The summed E-state index contributed by atoms with van der Waals surface area (Å²) in [6.45, 7) is -0.0235. The molecular formula is C18H19N3O5. The third-order valence-electron chi connectivity index (χ3n) is 3.29. The molecule has 1 aromatic carbocycles. The van der Waals surface area contributed by atoms with Crippen LogP contribution < -0.4 is 10.8 Å². The van der Waals surface area contributed by atoms with E-state index in [-0.39, 0.29) is 12.2 Å². The van der Waals surface area contributed by atoms with Crippen LogP contribution in [0.25, 0.3) is 0 Å². The minimum Gasteiger partial charge on any atom is -0.395 e. The maximum Gasteiger partial charge on any atom is 0.275 e. The van der Waals surface area contributed by atoms with E-state index < -0.39 is 23.8 Å². The second-order valence-corrected chi connectivity index (χ2v) is 5.01. The smallest absolute Gasteiger partial charge is 0.275 e. The molecule has 8 nitrogen and oxygen atoms in total. The lowest BCUT2D eigenvalue weighted by atomic mass is 10.1. The van der Waals surface area contributed by atoms with Gasteiger partial charge in [0.25, 0.3) is 17.7 Å². The Morgan fingerprint density at radius 3 is 2.35 bits per heavy atom. The molecule has 0 bridgehead atoms. The summed E-state index contributed by atoms with van der Waals surface area (Å²) in [5.74, 6) is 8.31. The average Bonchev–Trinajstić information content (AvgIpc) is 2.67. The Kier molecular flexibility index (Phi) is 8.38. The lowest BCUT2D eigenvalue weighted by Gasteiger charge is -2.25. The first kappa shape index (κ1) is 20.7. The first-order chi connectivity index (χ1) is 12.5. The predicted octanol–water partition coefficient (Wildman–Crippen LogP) is -0.884. The monoisotopic (exact) mass is 357 g/mol. The van der Waals surface area contributed by atoms with Gasteiger partial charge in [-0.2, -0.15) is 0 Å². The summed E-state index contributed by atoms with van der Waals surface area (Å²) in [5.41, 5.74) is 2.24. The number of carbonyl (C=O) groups is 3. The van der Waals surface area contributed by atoms with Crippen LogP contribution in [0.5, 0.6) is 0 Å². The topological polar surface area (TPSA) is 119 Å². The number of carbonyl (C=O) groups excluding carboxylic acids is 3.